The summed E-state index contributed by atoms with van der Waals surface area (Å²) in [5.41, 5.74) is 1.30. The number of ether oxygens (including phenoxy) is 1. The van der Waals surface area contributed by atoms with Crippen LogP contribution in [0, 0.1) is 11.8 Å². The number of benzene rings is 1. The van der Waals surface area contributed by atoms with Gasteiger partial charge in [-0.05, 0) is 18.4 Å². The van der Waals surface area contributed by atoms with E-state index in [1.54, 1.807) is 0 Å². The lowest BCUT2D eigenvalue weighted by atomic mass is 9.99. The van der Waals surface area contributed by atoms with Crippen LogP contribution >= 0.6 is 0 Å². The summed E-state index contributed by atoms with van der Waals surface area (Å²) >= 11 is 0. The summed E-state index contributed by atoms with van der Waals surface area (Å²) in [7, 11) is 0. The fourth-order valence-electron chi connectivity index (χ4n) is 2.59. The van der Waals surface area contributed by atoms with Crippen LogP contribution in [0.25, 0.3) is 0 Å². The molecular formula is C15H21NO2. The molecule has 2 unspecified atom stereocenters. The maximum atomic E-state index is 11.8. The fraction of sp³-hybridized carbons (Fsp3) is 0.533. The quantitative estimate of drug-likeness (QED) is 0.765. The molecule has 3 nitrogen and oxygen atoms in total. The van der Waals surface area contributed by atoms with Crippen molar-refractivity contribution in [2.45, 2.75) is 20.4 Å². The summed E-state index contributed by atoms with van der Waals surface area (Å²) < 4.78 is 5.13. The molecule has 1 saturated heterocycles. The summed E-state index contributed by atoms with van der Waals surface area (Å²) in [6.45, 7) is 7.17. The Morgan fingerprint density at radius 1 is 1.33 bits per heavy atom. The molecular weight excluding hydrogens is 226 g/mol. The first-order valence-electron chi connectivity index (χ1n) is 6.63. The second-order valence-corrected chi connectivity index (χ2v) is 5.02. The highest BCUT2D eigenvalue weighted by molar-refractivity contribution is 5.73. The Morgan fingerprint density at radius 3 is 2.72 bits per heavy atom. The molecule has 1 aromatic carbocycles. The summed E-state index contributed by atoms with van der Waals surface area (Å²) in [5.74, 6) is 0.377. The Labute approximate surface area is 109 Å². The highest BCUT2D eigenvalue weighted by atomic mass is 16.5. The maximum absolute atomic E-state index is 11.8. The molecule has 18 heavy (non-hydrogen) atoms. The van der Waals surface area contributed by atoms with Gasteiger partial charge in [0.05, 0.1) is 12.5 Å². The normalized spacial score (nSPS) is 24.1. The first-order valence-corrected chi connectivity index (χ1v) is 6.63. The second-order valence-electron chi connectivity index (χ2n) is 5.02. The summed E-state index contributed by atoms with van der Waals surface area (Å²) in [6, 6.07) is 10.4. The van der Waals surface area contributed by atoms with Crippen molar-refractivity contribution < 1.29 is 9.53 Å². The van der Waals surface area contributed by atoms with E-state index in [1.807, 2.05) is 13.0 Å². The SMILES string of the molecule is CCOC(=O)C1CN(Cc2ccccc2)CC1C. The smallest absolute Gasteiger partial charge is 0.310 e. The van der Waals surface area contributed by atoms with Gasteiger partial charge in [-0.3, -0.25) is 9.69 Å². The van der Waals surface area contributed by atoms with Gasteiger partial charge in [0.2, 0.25) is 0 Å². The van der Waals surface area contributed by atoms with Crippen molar-refractivity contribution in [1.29, 1.82) is 0 Å². The van der Waals surface area contributed by atoms with Gasteiger partial charge < -0.3 is 4.74 Å². The first-order chi connectivity index (χ1) is 8.70. The molecule has 2 rings (SSSR count). The molecule has 0 spiro atoms. The van der Waals surface area contributed by atoms with E-state index in [9.17, 15) is 4.79 Å². The van der Waals surface area contributed by atoms with Gasteiger partial charge in [0.15, 0.2) is 0 Å². The van der Waals surface area contributed by atoms with Crippen molar-refractivity contribution in [3.63, 3.8) is 0 Å². The van der Waals surface area contributed by atoms with E-state index in [-0.39, 0.29) is 11.9 Å². The number of nitrogens with zero attached hydrogens (tertiary/aromatic N) is 1. The summed E-state index contributed by atoms with van der Waals surface area (Å²) in [4.78, 5) is 14.1. The van der Waals surface area contributed by atoms with Crippen molar-refractivity contribution in [3.05, 3.63) is 35.9 Å². The highest BCUT2D eigenvalue weighted by Crippen LogP contribution is 2.25. The van der Waals surface area contributed by atoms with Gasteiger partial charge in [0, 0.05) is 19.6 Å². The maximum Gasteiger partial charge on any atom is 0.310 e. The zero-order valence-corrected chi connectivity index (χ0v) is 11.1. The van der Waals surface area contributed by atoms with Gasteiger partial charge in [-0.2, -0.15) is 0 Å². The predicted molar refractivity (Wildman–Crippen MR) is 71.0 cm³/mol. The topological polar surface area (TPSA) is 29.5 Å². The molecule has 1 aliphatic heterocycles. The Hall–Kier alpha value is -1.35. The number of hydrogen-bond donors (Lipinski definition) is 0. The Kier molecular flexibility index (Phi) is 4.37. The van der Waals surface area contributed by atoms with Gasteiger partial charge in [0.25, 0.3) is 0 Å². The molecule has 0 amide bonds. The molecule has 1 aliphatic rings. The Morgan fingerprint density at radius 2 is 2.06 bits per heavy atom. The molecule has 0 saturated carbocycles. The van der Waals surface area contributed by atoms with E-state index in [0.29, 0.717) is 12.5 Å². The zero-order chi connectivity index (χ0) is 13.0. The average Bonchev–Trinajstić information content (AvgIpc) is 2.72. The molecule has 0 aromatic heterocycles. The average molecular weight is 247 g/mol. The molecule has 1 heterocycles. The standard InChI is InChI=1S/C15H21NO2/c1-3-18-15(17)14-11-16(9-12(14)2)10-13-7-5-4-6-8-13/h4-8,12,14H,3,9-11H2,1-2H3. The molecule has 0 N–H and O–H groups in total. The predicted octanol–water partition coefficient (Wildman–Crippen LogP) is 2.32. The molecule has 0 bridgehead atoms. The van der Waals surface area contributed by atoms with E-state index >= 15 is 0 Å². The van der Waals surface area contributed by atoms with Crippen LogP contribution in [0.15, 0.2) is 30.3 Å². The van der Waals surface area contributed by atoms with Gasteiger partial charge in [-0.1, -0.05) is 37.3 Å². The van der Waals surface area contributed by atoms with Gasteiger partial charge in [-0.15, -0.1) is 0 Å². The van der Waals surface area contributed by atoms with Crippen molar-refractivity contribution in [3.8, 4) is 0 Å². The van der Waals surface area contributed by atoms with Crippen molar-refractivity contribution >= 4 is 5.97 Å². The lowest BCUT2D eigenvalue weighted by Crippen LogP contribution is -2.25. The van der Waals surface area contributed by atoms with Crippen molar-refractivity contribution in [2.75, 3.05) is 19.7 Å². The number of carbonyl (C=O) groups excluding carboxylic acids is 1. The molecule has 1 aromatic rings. The highest BCUT2D eigenvalue weighted by Gasteiger charge is 2.35. The number of rotatable bonds is 4. The van der Waals surface area contributed by atoms with E-state index in [4.69, 9.17) is 4.74 Å². The Bertz CT molecular complexity index is 391. The van der Waals surface area contributed by atoms with Gasteiger partial charge >= 0.3 is 5.97 Å². The minimum Gasteiger partial charge on any atom is -0.466 e. The minimum atomic E-state index is -0.0411. The van der Waals surface area contributed by atoms with Crippen molar-refractivity contribution in [1.82, 2.24) is 4.90 Å². The van der Waals surface area contributed by atoms with E-state index in [2.05, 4.69) is 36.1 Å². The molecule has 0 radical (unpaired) electrons. The lowest BCUT2D eigenvalue weighted by molar-refractivity contribution is -0.148. The lowest BCUT2D eigenvalue weighted by Gasteiger charge is -2.15. The number of carbonyl (C=O) groups is 1. The summed E-state index contributed by atoms with van der Waals surface area (Å²) in [6.07, 6.45) is 0. The van der Waals surface area contributed by atoms with Crippen molar-refractivity contribution in [2.24, 2.45) is 11.8 Å². The first kappa shape index (κ1) is 13.1. The van der Waals surface area contributed by atoms with Crippen LogP contribution in [0.2, 0.25) is 0 Å². The largest absolute Gasteiger partial charge is 0.466 e. The van der Waals surface area contributed by atoms with Gasteiger partial charge in [0.1, 0.15) is 0 Å². The van der Waals surface area contributed by atoms with E-state index < -0.39 is 0 Å². The molecule has 2 atom stereocenters. The molecule has 0 aliphatic carbocycles. The van der Waals surface area contributed by atoms with E-state index in [1.165, 1.54) is 5.56 Å². The van der Waals surface area contributed by atoms with Crippen LogP contribution in [-0.2, 0) is 16.1 Å². The Balaban J connectivity index is 1.92. The summed E-state index contributed by atoms with van der Waals surface area (Å²) in [5, 5.41) is 0. The molecule has 1 fully saturated rings. The number of hydrogen-bond acceptors (Lipinski definition) is 3. The van der Waals surface area contributed by atoms with Crippen LogP contribution in [0.1, 0.15) is 19.4 Å². The third kappa shape index (κ3) is 3.10. The number of esters is 1. The third-order valence-electron chi connectivity index (χ3n) is 3.53. The fourth-order valence-corrected chi connectivity index (χ4v) is 2.59. The van der Waals surface area contributed by atoms with Crippen LogP contribution in [-0.4, -0.2) is 30.6 Å². The number of likely N-dealkylation sites (tertiary alicyclic amines) is 1. The van der Waals surface area contributed by atoms with Crippen LogP contribution in [0.5, 0.6) is 0 Å². The second kappa shape index (κ2) is 6.01. The van der Waals surface area contributed by atoms with Crippen LogP contribution < -0.4 is 0 Å². The molecule has 98 valence electrons. The van der Waals surface area contributed by atoms with E-state index in [0.717, 1.165) is 19.6 Å². The third-order valence-corrected chi connectivity index (χ3v) is 3.53. The van der Waals surface area contributed by atoms with Crippen LogP contribution in [0.3, 0.4) is 0 Å². The van der Waals surface area contributed by atoms with Gasteiger partial charge in [-0.25, -0.2) is 0 Å². The zero-order valence-electron chi connectivity index (χ0n) is 11.1. The minimum absolute atomic E-state index is 0.0358. The molecule has 3 heteroatoms. The van der Waals surface area contributed by atoms with Crippen LogP contribution in [0.4, 0.5) is 0 Å². The monoisotopic (exact) mass is 247 g/mol.